The minimum atomic E-state index is -0.552. The van der Waals surface area contributed by atoms with Crippen molar-refractivity contribution in [3.63, 3.8) is 0 Å². The summed E-state index contributed by atoms with van der Waals surface area (Å²) in [6, 6.07) is 3.82. The van der Waals surface area contributed by atoms with Crippen molar-refractivity contribution >= 4 is 0 Å². The summed E-state index contributed by atoms with van der Waals surface area (Å²) in [7, 11) is 3.11. The number of benzene rings is 1. The lowest BCUT2D eigenvalue weighted by Gasteiger charge is -2.26. The van der Waals surface area contributed by atoms with E-state index in [4.69, 9.17) is 9.47 Å². The van der Waals surface area contributed by atoms with Crippen molar-refractivity contribution in [1.29, 1.82) is 0 Å². The molecule has 1 aromatic rings. The Hall–Kier alpha value is -1.29. The van der Waals surface area contributed by atoms with Crippen LogP contribution in [0.25, 0.3) is 0 Å². The molecule has 100 valence electrons. The Morgan fingerprint density at radius 2 is 2.11 bits per heavy atom. The maximum atomic E-state index is 13.1. The molecule has 0 bridgehead atoms. The van der Waals surface area contributed by atoms with Gasteiger partial charge < -0.3 is 14.8 Å². The molecular formula is C14H20FNO2. The number of nitrogens with one attached hydrogen (secondary N) is 1. The smallest absolute Gasteiger partial charge is 0.166 e. The average molecular weight is 253 g/mol. The Kier molecular flexibility index (Phi) is 3.76. The predicted octanol–water partition coefficient (Wildman–Crippen LogP) is 2.77. The van der Waals surface area contributed by atoms with Crippen LogP contribution in [0.4, 0.5) is 4.39 Å². The zero-order chi connectivity index (χ0) is 13.2. The Morgan fingerprint density at radius 3 is 2.61 bits per heavy atom. The van der Waals surface area contributed by atoms with E-state index in [1.165, 1.54) is 7.11 Å². The van der Waals surface area contributed by atoms with Crippen LogP contribution in [0.5, 0.6) is 11.5 Å². The van der Waals surface area contributed by atoms with Gasteiger partial charge in [-0.1, -0.05) is 0 Å². The minimum absolute atomic E-state index is 0.0938. The third-order valence-electron chi connectivity index (χ3n) is 3.71. The number of halogens is 1. The van der Waals surface area contributed by atoms with Crippen LogP contribution in [0.2, 0.25) is 0 Å². The molecule has 1 heterocycles. The van der Waals surface area contributed by atoms with E-state index in [0.29, 0.717) is 17.1 Å². The van der Waals surface area contributed by atoms with E-state index in [1.54, 1.807) is 7.11 Å². The minimum Gasteiger partial charge on any atom is -0.493 e. The summed E-state index contributed by atoms with van der Waals surface area (Å²) in [5.74, 6) is 1.09. The number of alkyl halides is 1. The summed E-state index contributed by atoms with van der Waals surface area (Å²) in [4.78, 5) is 0. The molecule has 0 spiro atoms. The van der Waals surface area contributed by atoms with E-state index in [9.17, 15) is 4.39 Å². The van der Waals surface area contributed by atoms with Crippen molar-refractivity contribution < 1.29 is 13.9 Å². The fraction of sp³-hybridized carbons (Fsp3) is 0.571. The molecule has 2 rings (SSSR count). The molecule has 1 aliphatic heterocycles. The van der Waals surface area contributed by atoms with Gasteiger partial charge >= 0.3 is 0 Å². The van der Waals surface area contributed by atoms with Crippen LogP contribution >= 0.6 is 0 Å². The van der Waals surface area contributed by atoms with Crippen molar-refractivity contribution in [3.05, 3.63) is 23.3 Å². The van der Waals surface area contributed by atoms with Crippen LogP contribution in [0.15, 0.2) is 12.1 Å². The van der Waals surface area contributed by atoms with E-state index < -0.39 is 6.67 Å². The third-order valence-corrected chi connectivity index (χ3v) is 3.71. The first-order chi connectivity index (χ1) is 8.64. The van der Waals surface area contributed by atoms with Gasteiger partial charge in [-0.05, 0) is 44.0 Å². The fourth-order valence-electron chi connectivity index (χ4n) is 2.60. The van der Waals surface area contributed by atoms with Crippen LogP contribution in [-0.4, -0.2) is 20.8 Å². The zero-order valence-corrected chi connectivity index (χ0v) is 11.2. The van der Waals surface area contributed by atoms with Crippen molar-refractivity contribution in [1.82, 2.24) is 5.32 Å². The topological polar surface area (TPSA) is 30.5 Å². The number of rotatable bonds is 4. The van der Waals surface area contributed by atoms with Crippen LogP contribution in [0.3, 0.4) is 0 Å². The molecule has 0 amide bonds. The van der Waals surface area contributed by atoms with Gasteiger partial charge in [0.05, 0.1) is 14.2 Å². The van der Waals surface area contributed by atoms with Crippen molar-refractivity contribution in [2.45, 2.75) is 32.0 Å². The highest BCUT2D eigenvalue weighted by Crippen LogP contribution is 2.39. The number of hydrogen-bond donors (Lipinski definition) is 1. The molecule has 4 heteroatoms. The molecule has 1 aliphatic rings. The Morgan fingerprint density at radius 1 is 1.33 bits per heavy atom. The van der Waals surface area contributed by atoms with E-state index >= 15 is 0 Å². The normalized spacial score (nSPS) is 23.1. The van der Waals surface area contributed by atoms with Crippen molar-refractivity contribution in [3.8, 4) is 11.5 Å². The second-order valence-electron chi connectivity index (χ2n) is 4.87. The molecule has 0 aromatic heterocycles. The van der Waals surface area contributed by atoms with Gasteiger partial charge in [-0.25, -0.2) is 4.39 Å². The molecule has 1 unspecified atom stereocenters. The number of hydrogen-bond acceptors (Lipinski definition) is 3. The summed E-state index contributed by atoms with van der Waals surface area (Å²) >= 11 is 0. The summed E-state index contributed by atoms with van der Waals surface area (Å²) < 4.78 is 23.7. The number of methoxy groups -OCH3 is 2. The van der Waals surface area contributed by atoms with Crippen LogP contribution in [0, 0.1) is 0 Å². The summed E-state index contributed by atoms with van der Waals surface area (Å²) in [6.45, 7) is 2.59. The highest BCUT2D eigenvalue weighted by Gasteiger charge is 2.31. The molecule has 1 aromatic carbocycles. The number of ether oxygens (including phenoxy) is 2. The van der Waals surface area contributed by atoms with Gasteiger partial charge in [0.15, 0.2) is 11.5 Å². The van der Waals surface area contributed by atoms with Crippen LogP contribution in [-0.2, 0) is 12.2 Å². The van der Waals surface area contributed by atoms with E-state index in [1.807, 2.05) is 12.1 Å². The third kappa shape index (κ3) is 2.17. The molecule has 3 nitrogen and oxygen atoms in total. The van der Waals surface area contributed by atoms with Gasteiger partial charge in [-0.2, -0.15) is 0 Å². The van der Waals surface area contributed by atoms with E-state index in [-0.39, 0.29) is 5.54 Å². The van der Waals surface area contributed by atoms with E-state index in [0.717, 1.165) is 24.9 Å². The lowest BCUT2D eigenvalue weighted by Crippen LogP contribution is -2.33. The molecule has 18 heavy (non-hydrogen) atoms. The molecule has 0 radical (unpaired) electrons. The SMILES string of the molecule is COc1cc(C2(C)CCCN2)cc(CF)c1OC. The standard InChI is InChI=1S/C14H20FNO2/c1-14(5-4-6-16-14)11-7-10(9-15)13(18-3)12(8-11)17-2/h7-8,16H,4-6,9H2,1-3H3. The summed E-state index contributed by atoms with van der Waals surface area (Å²) in [5, 5.41) is 3.47. The molecule has 1 fully saturated rings. The first-order valence-electron chi connectivity index (χ1n) is 6.21. The average Bonchev–Trinajstić information content (AvgIpc) is 2.85. The summed E-state index contributed by atoms with van der Waals surface area (Å²) in [5.41, 5.74) is 1.51. The van der Waals surface area contributed by atoms with Gasteiger partial charge in [0.1, 0.15) is 6.67 Å². The largest absolute Gasteiger partial charge is 0.493 e. The van der Waals surface area contributed by atoms with Crippen molar-refractivity contribution in [2.75, 3.05) is 20.8 Å². The Balaban J connectivity index is 2.49. The zero-order valence-electron chi connectivity index (χ0n) is 11.2. The van der Waals surface area contributed by atoms with Gasteiger partial charge in [-0.15, -0.1) is 0 Å². The molecular weight excluding hydrogens is 233 g/mol. The van der Waals surface area contributed by atoms with Crippen LogP contribution in [0.1, 0.15) is 30.9 Å². The lowest BCUT2D eigenvalue weighted by atomic mass is 9.89. The van der Waals surface area contributed by atoms with E-state index in [2.05, 4.69) is 12.2 Å². The van der Waals surface area contributed by atoms with Crippen LogP contribution < -0.4 is 14.8 Å². The van der Waals surface area contributed by atoms with Gasteiger partial charge in [0.2, 0.25) is 0 Å². The maximum absolute atomic E-state index is 13.1. The van der Waals surface area contributed by atoms with Gasteiger partial charge in [-0.3, -0.25) is 0 Å². The Bertz CT molecular complexity index is 403. The molecule has 0 saturated carbocycles. The first-order valence-corrected chi connectivity index (χ1v) is 6.21. The van der Waals surface area contributed by atoms with Crippen molar-refractivity contribution in [2.24, 2.45) is 0 Å². The summed E-state index contributed by atoms with van der Waals surface area (Å²) in [6.07, 6.45) is 2.18. The fourth-order valence-corrected chi connectivity index (χ4v) is 2.60. The predicted molar refractivity (Wildman–Crippen MR) is 68.9 cm³/mol. The second-order valence-corrected chi connectivity index (χ2v) is 4.87. The lowest BCUT2D eigenvalue weighted by molar-refractivity contribution is 0.341. The maximum Gasteiger partial charge on any atom is 0.166 e. The molecule has 1 N–H and O–H groups in total. The monoisotopic (exact) mass is 253 g/mol. The second kappa shape index (κ2) is 5.14. The highest BCUT2D eigenvalue weighted by atomic mass is 19.1. The first kappa shape index (κ1) is 13.1. The highest BCUT2D eigenvalue weighted by molar-refractivity contribution is 5.51. The molecule has 1 atom stereocenters. The quantitative estimate of drug-likeness (QED) is 0.895. The Labute approximate surface area is 107 Å². The van der Waals surface area contributed by atoms with Gasteiger partial charge in [0.25, 0.3) is 0 Å². The molecule has 0 aliphatic carbocycles. The molecule has 1 saturated heterocycles. The van der Waals surface area contributed by atoms with Gasteiger partial charge in [0, 0.05) is 11.1 Å².